The Hall–Kier alpha value is -1.38. The maximum atomic E-state index is 10.9. The molecule has 1 rings (SSSR count). The summed E-state index contributed by atoms with van der Waals surface area (Å²) >= 11 is 0. The number of rotatable bonds is 3. The largest absolute Gasteiger partial charge is 0.481 e. The molecule has 1 atom stereocenters. The van der Waals surface area contributed by atoms with E-state index in [1.165, 1.54) is 0 Å². The maximum Gasteiger partial charge on any atom is 0.310 e. The predicted molar refractivity (Wildman–Crippen MR) is 49.6 cm³/mol. The second-order valence-electron chi connectivity index (χ2n) is 3.03. The first kappa shape index (κ1) is 9.71. The van der Waals surface area contributed by atoms with Crippen molar-refractivity contribution in [1.82, 2.24) is 4.98 Å². The lowest BCUT2D eigenvalue weighted by molar-refractivity contribution is -0.138. The molecular formula is C10H13NO2. The van der Waals surface area contributed by atoms with Crippen LogP contribution in [0.3, 0.4) is 0 Å². The summed E-state index contributed by atoms with van der Waals surface area (Å²) in [4.78, 5) is 14.8. The Balaban J connectivity index is 3.04. The number of aryl methyl sites for hydroxylation is 1. The van der Waals surface area contributed by atoms with Crippen LogP contribution in [0.1, 0.15) is 30.4 Å². The summed E-state index contributed by atoms with van der Waals surface area (Å²) in [7, 11) is 0. The van der Waals surface area contributed by atoms with E-state index in [0.29, 0.717) is 6.42 Å². The van der Waals surface area contributed by atoms with Crippen LogP contribution in [0.4, 0.5) is 0 Å². The molecule has 3 nitrogen and oxygen atoms in total. The molecule has 0 radical (unpaired) electrons. The summed E-state index contributed by atoms with van der Waals surface area (Å²) in [6.07, 6.45) is 3.94. The summed E-state index contributed by atoms with van der Waals surface area (Å²) in [5.41, 5.74) is 1.81. The van der Waals surface area contributed by atoms with Crippen LogP contribution in [0.15, 0.2) is 18.5 Å². The lowest BCUT2D eigenvalue weighted by Gasteiger charge is -2.11. The molecule has 70 valence electrons. The Bertz CT molecular complexity index is 310. The lowest BCUT2D eigenvalue weighted by Crippen LogP contribution is -2.11. The van der Waals surface area contributed by atoms with Crippen molar-refractivity contribution < 1.29 is 9.90 Å². The Labute approximate surface area is 77.4 Å². The van der Waals surface area contributed by atoms with Gasteiger partial charge >= 0.3 is 5.97 Å². The van der Waals surface area contributed by atoms with Crippen LogP contribution >= 0.6 is 0 Å². The smallest absolute Gasteiger partial charge is 0.310 e. The third-order valence-electron chi connectivity index (χ3n) is 2.15. The summed E-state index contributed by atoms with van der Waals surface area (Å²) in [5.74, 6) is -1.17. The van der Waals surface area contributed by atoms with Crippen LogP contribution in [0.25, 0.3) is 0 Å². The van der Waals surface area contributed by atoms with Crippen molar-refractivity contribution in [3.05, 3.63) is 29.6 Å². The number of hydrogen-bond donors (Lipinski definition) is 1. The van der Waals surface area contributed by atoms with E-state index in [0.717, 1.165) is 11.1 Å². The normalized spacial score (nSPS) is 12.5. The molecule has 0 aliphatic rings. The van der Waals surface area contributed by atoms with Crippen molar-refractivity contribution >= 4 is 5.97 Å². The van der Waals surface area contributed by atoms with Crippen LogP contribution in [0.5, 0.6) is 0 Å². The number of carboxylic acids is 1. The number of nitrogens with zero attached hydrogens (tertiary/aromatic N) is 1. The molecule has 1 heterocycles. The van der Waals surface area contributed by atoms with E-state index in [-0.39, 0.29) is 0 Å². The van der Waals surface area contributed by atoms with Gasteiger partial charge < -0.3 is 5.11 Å². The Morgan fingerprint density at radius 1 is 1.69 bits per heavy atom. The zero-order valence-corrected chi connectivity index (χ0v) is 7.82. The number of hydrogen-bond acceptors (Lipinski definition) is 2. The van der Waals surface area contributed by atoms with E-state index >= 15 is 0 Å². The molecule has 0 saturated heterocycles. The Kier molecular flexibility index (Phi) is 3.01. The molecule has 0 aliphatic carbocycles. The first-order valence-electron chi connectivity index (χ1n) is 4.30. The fourth-order valence-corrected chi connectivity index (χ4v) is 1.40. The minimum Gasteiger partial charge on any atom is -0.481 e. The lowest BCUT2D eigenvalue weighted by atomic mass is 9.94. The highest BCUT2D eigenvalue weighted by Crippen LogP contribution is 2.21. The van der Waals surface area contributed by atoms with Crippen molar-refractivity contribution in [2.24, 2.45) is 0 Å². The molecule has 0 amide bonds. The van der Waals surface area contributed by atoms with E-state index in [1.54, 1.807) is 18.5 Å². The zero-order valence-electron chi connectivity index (χ0n) is 7.82. The van der Waals surface area contributed by atoms with Gasteiger partial charge in [-0.25, -0.2) is 0 Å². The van der Waals surface area contributed by atoms with Gasteiger partial charge in [-0.05, 0) is 30.5 Å². The molecule has 13 heavy (non-hydrogen) atoms. The molecule has 1 aromatic heterocycles. The molecule has 0 aliphatic heterocycles. The van der Waals surface area contributed by atoms with Gasteiger partial charge in [-0.3, -0.25) is 9.78 Å². The van der Waals surface area contributed by atoms with Gasteiger partial charge in [0.15, 0.2) is 0 Å². The van der Waals surface area contributed by atoms with Crippen LogP contribution < -0.4 is 0 Å². The van der Waals surface area contributed by atoms with E-state index in [1.807, 2.05) is 13.8 Å². The van der Waals surface area contributed by atoms with E-state index in [2.05, 4.69) is 4.98 Å². The molecule has 0 fully saturated rings. The Morgan fingerprint density at radius 2 is 2.38 bits per heavy atom. The van der Waals surface area contributed by atoms with Gasteiger partial charge in [0, 0.05) is 12.4 Å². The van der Waals surface area contributed by atoms with Crippen molar-refractivity contribution in [2.75, 3.05) is 0 Å². The minimum absolute atomic E-state index is 0.400. The van der Waals surface area contributed by atoms with Crippen molar-refractivity contribution in [3.63, 3.8) is 0 Å². The molecule has 0 aromatic carbocycles. The third kappa shape index (κ3) is 2.05. The fraction of sp³-hybridized carbons (Fsp3) is 0.400. The molecule has 0 bridgehead atoms. The average Bonchev–Trinajstić information content (AvgIpc) is 2.09. The number of carboxylic acid groups (broad SMARTS) is 1. The molecule has 3 heteroatoms. The van der Waals surface area contributed by atoms with E-state index < -0.39 is 11.9 Å². The molecule has 0 saturated carbocycles. The fourth-order valence-electron chi connectivity index (χ4n) is 1.40. The quantitative estimate of drug-likeness (QED) is 0.771. The number of carbonyl (C=O) groups is 1. The molecular weight excluding hydrogens is 166 g/mol. The van der Waals surface area contributed by atoms with Crippen molar-refractivity contribution in [1.29, 1.82) is 0 Å². The summed E-state index contributed by atoms with van der Waals surface area (Å²) in [6, 6.07) is 1.78. The zero-order chi connectivity index (χ0) is 9.84. The monoisotopic (exact) mass is 179 g/mol. The highest BCUT2D eigenvalue weighted by Gasteiger charge is 2.18. The van der Waals surface area contributed by atoms with Gasteiger partial charge in [-0.15, -0.1) is 0 Å². The third-order valence-corrected chi connectivity index (χ3v) is 2.15. The van der Waals surface area contributed by atoms with Crippen molar-refractivity contribution in [2.45, 2.75) is 26.2 Å². The van der Waals surface area contributed by atoms with Gasteiger partial charge in [-0.1, -0.05) is 6.92 Å². The summed E-state index contributed by atoms with van der Waals surface area (Å²) in [6.45, 7) is 3.76. The predicted octanol–water partition coefficient (Wildman–Crippen LogP) is 1.97. The van der Waals surface area contributed by atoms with Gasteiger partial charge in [0.2, 0.25) is 0 Å². The second kappa shape index (κ2) is 4.03. The molecule has 0 spiro atoms. The topological polar surface area (TPSA) is 50.2 Å². The number of pyridine rings is 1. The minimum atomic E-state index is -0.767. The van der Waals surface area contributed by atoms with Gasteiger partial charge in [0.1, 0.15) is 0 Å². The SMILES string of the molecule is CCC(C(=O)O)c1ccncc1C. The number of aliphatic carboxylic acids is 1. The maximum absolute atomic E-state index is 10.9. The van der Waals surface area contributed by atoms with Crippen LogP contribution in [-0.2, 0) is 4.79 Å². The highest BCUT2D eigenvalue weighted by molar-refractivity contribution is 5.76. The molecule has 1 unspecified atom stereocenters. The second-order valence-corrected chi connectivity index (χ2v) is 3.03. The van der Waals surface area contributed by atoms with Gasteiger partial charge in [-0.2, -0.15) is 0 Å². The van der Waals surface area contributed by atoms with Gasteiger partial charge in [0.25, 0.3) is 0 Å². The number of aromatic nitrogens is 1. The molecule has 1 N–H and O–H groups in total. The first-order valence-corrected chi connectivity index (χ1v) is 4.30. The van der Waals surface area contributed by atoms with Crippen LogP contribution in [-0.4, -0.2) is 16.1 Å². The van der Waals surface area contributed by atoms with Crippen molar-refractivity contribution in [3.8, 4) is 0 Å². The first-order chi connectivity index (χ1) is 6.16. The summed E-state index contributed by atoms with van der Waals surface area (Å²) in [5, 5.41) is 8.93. The van der Waals surface area contributed by atoms with E-state index in [4.69, 9.17) is 5.11 Å². The standard InChI is InChI=1S/C10H13NO2/c1-3-8(10(12)13)9-4-5-11-6-7(9)2/h4-6,8H,3H2,1-2H3,(H,12,13). The van der Waals surface area contributed by atoms with Gasteiger partial charge in [0.05, 0.1) is 5.92 Å². The van der Waals surface area contributed by atoms with E-state index in [9.17, 15) is 4.79 Å². The molecule has 1 aromatic rings. The van der Waals surface area contributed by atoms with Crippen LogP contribution in [0.2, 0.25) is 0 Å². The Morgan fingerprint density at radius 3 is 2.85 bits per heavy atom. The summed E-state index contributed by atoms with van der Waals surface area (Å²) < 4.78 is 0. The average molecular weight is 179 g/mol. The highest BCUT2D eigenvalue weighted by atomic mass is 16.4. The van der Waals surface area contributed by atoms with Crippen LogP contribution in [0, 0.1) is 6.92 Å².